The highest BCUT2D eigenvalue weighted by Crippen LogP contribution is 2.33. The van der Waals surface area contributed by atoms with Crippen molar-refractivity contribution >= 4 is 6.01 Å². The second-order valence-corrected chi connectivity index (χ2v) is 4.41. The lowest BCUT2D eigenvalue weighted by atomic mass is 10.2. The van der Waals surface area contributed by atoms with Crippen LogP contribution in [-0.4, -0.2) is 35.3 Å². The second-order valence-electron chi connectivity index (χ2n) is 4.41. The highest BCUT2D eigenvalue weighted by Gasteiger charge is 2.38. The number of nitrogens with one attached hydrogen (secondary N) is 1. The predicted molar refractivity (Wildman–Crippen MR) is 55.8 cm³/mol. The molecule has 0 aromatic carbocycles. The van der Waals surface area contributed by atoms with Gasteiger partial charge in [0.15, 0.2) is 5.82 Å². The molecule has 1 saturated carbocycles. The maximum atomic E-state index is 5.28. The Morgan fingerprint density at radius 2 is 2.20 bits per heavy atom. The monoisotopic (exact) mass is 208 g/mol. The van der Waals surface area contributed by atoms with Gasteiger partial charge in [-0.1, -0.05) is 5.16 Å². The Hall–Kier alpha value is -1.10. The Morgan fingerprint density at radius 1 is 1.33 bits per heavy atom. The molecule has 1 aliphatic heterocycles. The molecule has 1 unspecified atom stereocenters. The van der Waals surface area contributed by atoms with Gasteiger partial charge >= 0.3 is 6.01 Å². The Labute approximate surface area is 88.8 Å². The number of anilines is 1. The first-order valence-electron chi connectivity index (χ1n) is 5.64. The van der Waals surface area contributed by atoms with Crippen LogP contribution in [0.4, 0.5) is 6.01 Å². The summed E-state index contributed by atoms with van der Waals surface area (Å²) in [6, 6.07) is 1.88. The zero-order chi connectivity index (χ0) is 10.3. The summed E-state index contributed by atoms with van der Waals surface area (Å²) in [4.78, 5) is 6.66. The van der Waals surface area contributed by atoms with E-state index in [1.165, 1.54) is 19.3 Å². The first kappa shape index (κ1) is 9.15. The minimum absolute atomic E-state index is 0.539. The van der Waals surface area contributed by atoms with Gasteiger partial charge in [-0.05, 0) is 32.7 Å². The summed E-state index contributed by atoms with van der Waals surface area (Å²) < 4.78 is 5.28. The maximum absolute atomic E-state index is 5.28. The van der Waals surface area contributed by atoms with Gasteiger partial charge in [-0.25, -0.2) is 0 Å². The third-order valence-corrected chi connectivity index (χ3v) is 3.11. The van der Waals surface area contributed by atoms with Crippen molar-refractivity contribution in [1.29, 1.82) is 0 Å². The lowest BCUT2D eigenvalue weighted by Gasteiger charge is -2.25. The molecule has 82 valence electrons. The van der Waals surface area contributed by atoms with Gasteiger partial charge in [-0.15, -0.1) is 0 Å². The number of nitrogens with zero attached hydrogens (tertiary/aromatic N) is 3. The molecule has 2 heterocycles. The number of aromatic nitrogens is 2. The van der Waals surface area contributed by atoms with E-state index in [4.69, 9.17) is 4.52 Å². The molecule has 0 amide bonds. The molecule has 1 saturated heterocycles. The van der Waals surface area contributed by atoms with Crippen LogP contribution in [0.5, 0.6) is 0 Å². The molecule has 1 aromatic rings. The number of rotatable bonds is 3. The third-order valence-electron chi connectivity index (χ3n) is 3.11. The molecule has 3 rings (SSSR count). The van der Waals surface area contributed by atoms with Crippen LogP contribution in [0, 0.1) is 6.92 Å². The van der Waals surface area contributed by atoms with Gasteiger partial charge in [0.2, 0.25) is 0 Å². The zero-order valence-corrected chi connectivity index (χ0v) is 8.94. The molecule has 0 spiro atoms. The first-order valence-corrected chi connectivity index (χ1v) is 5.64. The van der Waals surface area contributed by atoms with Gasteiger partial charge in [-0.2, -0.15) is 4.98 Å². The largest absolute Gasteiger partial charge is 0.324 e. The lowest BCUT2D eigenvalue weighted by molar-refractivity contribution is 0.396. The van der Waals surface area contributed by atoms with Gasteiger partial charge in [0.1, 0.15) is 0 Å². The molecule has 2 fully saturated rings. The Balaban J connectivity index is 1.83. The fourth-order valence-electron chi connectivity index (χ4n) is 2.23. The van der Waals surface area contributed by atoms with Gasteiger partial charge in [0, 0.05) is 18.6 Å². The predicted octanol–water partition coefficient (Wildman–Crippen LogP) is 0.709. The summed E-state index contributed by atoms with van der Waals surface area (Å²) in [6.45, 7) is 4.00. The van der Waals surface area contributed by atoms with Crippen LogP contribution >= 0.6 is 0 Å². The van der Waals surface area contributed by atoms with E-state index in [9.17, 15) is 0 Å². The van der Waals surface area contributed by atoms with Crippen LogP contribution in [-0.2, 0) is 0 Å². The zero-order valence-electron chi connectivity index (χ0n) is 8.94. The van der Waals surface area contributed by atoms with E-state index in [0.29, 0.717) is 18.1 Å². The number of hydrogen-bond acceptors (Lipinski definition) is 5. The van der Waals surface area contributed by atoms with E-state index in [1.807, 2.05) is 6.92 Å². The molecule has 5 heteroatoms. The molecular weight excluding hydrogens is 192 g/mol. The molecule has 2 aliphatic rings. The summed E-state index contributed by atoms with van der Waals surface area (Å²) in [5.41, 5.74) is 0. The van der Waals surface area contributed by atoms with E-state index in [2.05, 4.69) is 20.4 Å². The van der Waals surface area contributed by atoms with Crippen molar-refractivity contribution in [3.63, 3.8) is 0 Å². The van der Waals surface area contributed by atoms with Crippen LogP contribution in [0.2, 0.25) is 0 Å². The lowest BCUT2D eigenvalue weighted by Crippen LogP contribution is -2.39. The smallest absolute Gasteiger partial charge is 0.317 e. The van der Waals surface area contributed by atoms with E-state index in [0.717, 1.165) is 18.9 Å². The summed E-state index contributed by atoms with van der Waals surface area (Å²) in [6.07, 6.45) is 3.70. The van der Waals surface area contributed by atoms with Crippen molar-refractivity contribution in [2.75, 3.05) is 18.0 Å². The standard InChI is InChI=1S/C10H16N4O/c1-7-12-10(15-13-7)14(8-2-3-8)9-4-5-11-6-9/h8-9,11H,2-6H2,1H3. The van der Waals surface area contributed by atoms with Crippen LogP contribution < -0.4 is 10.2 Å². The van der Waals surface area contributed by atoms with E-state index < -0.39 is 0 Å². The SMILES string of the molecule is Cc1noc(N(C2CC2)C2CCNC2)n1. The average molecular weight is 208 g/mol. The normalized spacial score (nSPS) is 25.8. The molecule has 0 radical (unpaired) electrons. The van der Waals surface area contributed by atoms with Gasteiger partial charge in [0.25, 0.3) is 0 Å². The average Bonchev–Trinajstić information content (AvgIpc) is 2.74. The fraction of sp³-hybridized carbons (Fsp3) is 0.800. The summed E-state index contributed by atoms with van der Waals surface area (Å²) >= 11 is 0. The molecular formula is C10H16N4O. The molecule has 5 nitrogen and oxygen atoms in total. The van der Waals surface area contributed by atoms with Crippen LogP contribution in [0.1, 0.15) is 25.1 Å². The van der Waals surface area contributed by atoms with Crippen LogP contribution in [0.25, 0.3) is 0 Å². The first-order chi connectivity index (χ1) is 7.34. The van der Waals surface area contributed by atoms with Crippen LogP contribution in [0.15, 0.2) is 4.52 Å². The van der Waals surface area contributed by atoms with Crippen LogP contribution in [0.3, 0.4) is 0 Å². The van der Waals surface area contributed by atoms with Gasteiger partial charge in [0.05, 0.1) is 0 Å². The summed E-state index contributed by atoms with van der Waals surface area (Å²) in [5.74, 6) is 0.724. The number of aryl methyl sites for hydroxylation is 1. The summed E-state index contributed by atoms with van der Waals surface area (Å²) in [5, 5.41) is 7.25. The van der Waals surface area contributed by atoms with Crippen molar-refractivity contribution in [3.8, 4) is 0 Å². The highest BCUT2D eigenvalue weighted by atomic mass is 16.5. The quantitative estimate of drug-likeness (QED) is 0.792. The molecule has 1 N–H and O–H groups in total. The minimum atomic E-state index is 0.539. The minimum Gasteiger partial charge on any atom is -0.317 e. The van der Waals surface area contributed by atoms with Crippen molar-refractivity contribution in [2.45, 2.75) is 38.3 Å². The molecule has 0 bridgehead atoms. The highest BCUT2D eigenvalue weighted by molar-refractivity contribution is 5.33. The van der Waals surface area contributed by atoms with Crippen molar-refractivity contribution in [1.82, 2.24) is 15.5 Å². The van der Waals surface area contributed by atoms with E-state index in [-0.39, 0.29) is 0 Å². The summed E-state index contributed by atoms with van der Waals surface area (Å²) in [7, 11) is 0. The third kappa shape index (κ3) is 1.71. The van der Waals surface area contributed by atoms with E-state index >= 15 is 0 Å². The fourth-order valence-corrected chi connectivity index (χ4v) is 2.23. The van der Waals surface area contributed by atoms with Crippen molar-refractivity contribution in [2.24, 2.45) is 0 Å². The van der Waals surface area contributed by atoms with Crippen molar-refractivity contribution < 1.29 is 4.52 Å². The Bertz CT molecular complexity index is 341. The Kier molecular flexibility index (Phi) is 2.12. The molecule has 1 aliphatic carbocycles. The second kappa shape index (κ2) is 3.48. The molecule has 15 heavy (non-hydrogen) atoms. The van der Waals surface area contributed by atoms with Gasteiger partial charge in [-0.3, -0.25) is 0 Å². The van der Waals surface area contributed by atoms with E-state index in [1.54, 1.807) is 0 Å². The maximum Gasteiger partial charge on any atom is 0.324 e. The Morgan fingerprint density at radius 3 is 2.73 bits per heavy atom. The number of hydrogen-bond donors (Lipinski definition) is 1. The molecule has 1 atom stereocenters. The van der Waals surface area contributed by atoms with Gasteiger partial charge < -0.3 is 14.7 Å². The van der Waals surface area contributed by atoms with Crippen molar-refractivity contribution in [3.05, 3.63) is 5.82 Å². The topological polar surface area (TPSA) is 54.2 Å². The molecule has 1 aromatic heterocycles.